The van der Waals surface area contributed by atoms with Crippen molar-refractivity contribution < 1.29 is 0 Å². The highest BCUT2D eigenvalue weighted by atomic mass is 15.2. The molecule has 0 fully saturated rings. The zero-order chi connectivity index (χ0) is 10.3. The average molecular weight is 189 g/mol. The molecular formula is C13H19N. The first-order valence-electron chi connectivity index (χ1n) is 5.37. The van der Waals surface area contributed by atoms with E-state index in [0.29, 0.717) is 5.92 Å². The molecule has 0 aromatic heterocycles. The third-order valence-corrected chi connectivity index (χ3v) is 3.02. The van der Waals surface area contributed by atoms with Gasteiger partial charge in [-0.3, -0.25) is 0 Å². The van der Waals surface area contributed by atoms with Gasteiger partial charge in [0, 0.05) is 23.7 Å². The Bertz CT molecular complexity index is 335. The molecule has 1 heterocycles. The van der Waals surface area contributed by atoms with Crippen molar-refractivity contribution in [2.45, 2.75) is 39.2 Å². The predicted octanol–water partition coefficient (Wildman–Crippen LogP) is 3.41. The molecule has 76 valence electrons. The van der Waals surface area contributed by atoms with Crippen LogP contribution in [0.3, 0.4) is 0 Å². The molecule has 1 unspecified atom stereocenters. The lowest BCUT2D eigenvalue weighted by molar-refractivity contribution is 0.506. The smallest absolute Gasteiger partial charge is 0.0406 e. The van der Waals surface area contributed by atoms with Crippen LogP contribution in [0.4, 0.5) is 5.69 Å². The molecule has 0 amide bonds. The zero-order valence-corrected chi connectivity index (χ0v) is 9.54. The van der Waals surface area contributed by atoms with Crippen molar-refractivity contribution in [2.24, 2.45) is 0 Å². The van der Waals surface area contributed by atoms with Crippen LogP contribution in [0, 0.1) is 0 Å². The third kappa shape index (κ3) is 1.41. The van der Waals surface area contributed by atoms with Crippen molar-refractivity contribution in [3.8, 4) is 0 Å². The quantitative estimate of drug-likeness (QED) is 0.604. The van der Waals surface area contributed by atoms with Crippen LogP contribution in [-0.4, -0.2) is 12.1 Å². The molecule has 0 radical (unpaired) electrons. The van der Waals surface area contributed by atoms with Gasteiger partial charge < -0.3 is 4.90 Å². The van der Waals surface area contributed by atoms with Gasteiger partial charge in [-0.2, -0.15) is 0 Å². The molecule has 14 heavy (non-hydrogen) atoms. The minimum absolute atomic E-state index is 0.237. The van der Waals surface area contributed by atoms with E-state index >= 15 is 0 Å². The van der Waals surface area contributed by atoms with Gasteiger partial charge in [0.25, 0.3) is 0 Å². The number of anilines is 1. The van der Waals surface area contributed by atoms with Crippen LogP contribution in [0.1, 0.15) is 39.2 Å². The molecule has 0 saturated carbocycles. The maximum Gasteiger partial charge on any atom is 0.0406 e. The number of benzene rings is 1. The summed E-state index contributed by atoms with van der Waals surface area (Å²) in [5.74, 6) is 0.672. The van der Waals surface area contributed by atoms with Crippen molar-refractivity contribution in [1.29, 1.82) is 0 Å². The van der Waals surface area contributed by atoms with Crippen molar-refractivity contribution in [2.75, 3.05) is 11.4 Å². The largest absolute Gasteiger partial charge is 0.366 e. The van der Waals surface area contributed by atoms with Crippen LogP contribution >= 0.6 is 0 Å². The van der Waals surface area contributed by atoms with Gasteiger partial charge >= 0.3 is 0 Å². The van der Waals surface area contributed by atoms with E-state index in [-0.39, 0.29) is 5.54 Å². The highest BCUT2D eigenvalue weighted by molar-refractivity contribution is 5.61. The van der Waals surface area contributed by atoms with Crippen molar-refractivity contribution in [1.82, 2.24) is 0 Å². The van der Waals surface area contributed by atoms with Crippen LogP contribution in [0.25, 0.3) is 0 Å². The molecule has 0 spiro atoms. The molecule has 1 nitrogen and oxygen atoms in total. The molecule has 1 aliphatic rings. The van der Waals surface area contributed by atoms with Gasteiger partial charge in [0.15, 0.2) is 0 Å². The fourth-order valence-electron chi connectivity index (χ4n) is 2.26. The predicted molar refractivity (Wildman–Crippen MR) is 62.0 cm³/mol. The molecule has 1 heteroatoms. The van der Waals surface area contributed by atoms with E-state index in [1.165, 1.54) is 11.3 Å². The van der Waals surface area contributed by atoms with E-state index in [1.54, 1.807) is 0 Å². The molecular weight excluding hydrogens is 170 g/mol. The van der Waals surface area contributed by atoms with Crippen molar-refractivity contribution in [3.63, 3.8) is 0 Å². The van der Waals surface area contributed by atoms with E-state index < -0.39 is 0 Å². The molecule has 1 aromatic carbocycles. The Kier molecular flexibility index (Phi) is 2.06. The molecule has 0 saturated heterocycles. The van der Waals surface area contributed by atoms with Gasteiger partial charge in [0.05, 0.1) is 0 Å². The number of para-hydroxylation sites is 1. The summed E-state index contributed by atoms with van der Waals surface area (Å²) >= 11 is 0. The van der Waals surface area contributed by atoms with Gasteiger partial charge in [-0.25, -0.2) is 0 Å². The van der Waals surface area contributed by atoms with E-state index in [1.807, 2.05) is 0 Å². The van der Waals surface area contributed by atoms with Gasteiger partial charge in [0.1, 0.15) is 0 Å². The van der Waals surface area contributed by atoms with Crippen LogP contribution < -0.4 is 4.90 Å². The van der Waals surface area contributed by atoms with E-state index in [4.69, 9.17) is 0 Å². The maximum absolute atomic E-state index is 2.51. The second-order valence-electron chi connectivity index (χ2n) is 5.24. The Morgan fingerprint density at radius 3 is 2.50 bits per heavy atom. The average Bonchev–Trinajstić information content (AvgIpc) is 2.44. The van der Waals surface area contributed by atoms with Crippen LogP contribution in [0.15, 0.2) is 24.3 Å². The summed E-state index contributed by atoms with van der Waals surface area (Å²) < 4.78 is 0. The summed E-state index contributed by atoms with van der Waals surface area (Å²) in [5, 5.41) is 0. The monoisotopic (exact) mass is 189 g/mol. The molecule has 0 aliphatic carbocycles. The minimum atomic E-state index is 0.237. The molecule has 0 bridgehead atoms. The fourth-order valence-corrected chi connectivity index (χ4v) is 2.26. The highest BCUT2D eigenvalue weighted by Crippen LogP contribution is 2.39. The number of hydrogen-bond donors (Lipinski definition) is 0. The first kappa shape index (κ1) is 9.57. The molecule has 2 rings (SSSR count). The Morgan fingerprint density at radius 2 is 1.86 bits per heavy atom. The SMILES string of the molecule is CC1CN(C(C)(C)C)c2ccccc21. The number of rotatable bonds is 0. The topological polar surface area (TPSA) is 3.24 Å². The summed E-state index contributed by atoms with van der Waals surface area (Å²) in [5.41, 5.74) is 3.16. The number of fused-ring (bicyclic) bond motifs is 1. The Labute approximate surface area is 86.7 Å². The van der Waals surface area contributed by atoms with E-state index in [0.717, 1.165) is 6.54 Å². The summed E-state index contributed by atoms with van der Waals surface area (Å²) in [7, 11) is 0. The summed E-state index contributed by atoms with van der Waals surface area (Å²) in [6.45, 7) is 10.3. The fraction of sp³-hybridized carbons (Fsp3) is 0.538. The van der Waals surface area contributed by atoms with E-state index in [2.05, 4.69) is 56.9 Å². The first-order chi connectivity index (χ1) is 6.50. The number of hydrogen-bond acceptors (Lipinski definition) is 1. The van der Waals surface area contributed by atoms with Gasteiger partial charge in [0.2, 0.25) is 0 Å². The van der Waals surface area contributed by atoms with Crippen LogP contribution in [-0.2, 0) is 0 Å². The first-order valence-corrected chi connectivity index (χ1v) is 5.37. The van der Waals surface area contributed by atoms with Gasteiger partial charge in [-0.1, -0.05) is 25.1 Å². The highest BCUT2D eigenvalue weighted by Gasteiger charge is 2.31. The van der Waals surface area contributed by atoms with E-state index in [9.17, 15) is 0 Å². The molecule has 0 N–H and O–H groups in total. The lowest BCUT2D eigenvalue weighted by Gasteiger charge is -2.34. The van der Waals surface area contributed by atoms with Gasteiger partial charge in [-0.15, -0.1) is 0 Å². The normalized spacial score (nSPS) is 21.1. The second-order valence-corrected chi connectivity index (χ2v) is 5.24. The maximum atomic E-state index is 2.51. The third-order valence-electron chi connectivity index (χ3n) is 3.02. The Balaban J connectivity index is 2.44. The van der Waals surface area contributed by atoms with Gasteiger partial charge in [-0.05, 0) is 32.4 Å². The standard InChI is InChI=1S/C13H19N/c1-10-9-14(13(2,3)4)12-8-6-5-7-11(10)12/h5-8,10H,9H2,1-4H3. The molecule has 1 aliphatic heterocycles. The minimum Gasteiger partial charge on any atom is -0.366 e. The lowest BCUT2D eigenvalue weighted by atomic mass is 10.0. The Morgan fingerprint density at radius 1 is 1.21 bits per heavy atom. The molecule has 1 atom stereocenters. The van der Waals surface area contributed by atoms with Crippen molar-refractivity contribution >= 4 is 5.69 Å². The van der Waals surface area contributed by atoms with Crippen LogP contribution in [0.2, 0.25) is 0 Å². The van der Waals surface area contributed by atoms with Crippen LogP contribution in [0.5, 0.6) is 0 Å². The summed E-state index contributed by atoms with van der Waals surface area (Å²) in [6, 6.07) is 8.77. The summed E-state index contributed by atoms with van der Waals surface area (Å²) in [4.78, 5) is 2.51. The zero-order valence-electron chi connectivity index (χ0n) is 9.54. The second kappa shape index (κ2) is 3.01. The number of nitrogens with zero attached hydrogens (tertiary/aromatic N) is 1. The molecule has 1 aromatic rings. The summed E-state index contributed by atoms with van der Waals surface area (Å²) in [6.07, 6.45) is 0. The van der Waals surface area contributed by atoms with Crippen molar-refractivity contribution in [3.05, 3.63) is 29.8 Å². The Hall–Kier alpha value is -0.980. The lowest BCUT2D eigenvalue weighted by Crippen LogP contribution is -2.40.